The summed E-state index contributed by atoms with van der Waals surface area (Å²) in [7, 11) is 0. The fourth-order valence-electron chi connectivity index (χ4n) is 8.99. The molecule has 10 heteroatoms. The number of ether oxygens (including phenoxy) is 4. The number of phenols is 2. The molecule has 0 fully saturated rings. The first-order chi connectivity index (χ1) is 34.3. The van der Waals surface area contributed by atoms with Crippen molar-refractivity contribution in [3.63, 3.8) is 0 Å². The van der Waals surface area contributed by atoms with E-state index in [1.807, 2.05) is 84.9 Å². The second-order valence-electron chi connectivity index (χ2n) is 19.4. The van der Waals surface area contributed by atoms with E-state index in [9.17, 15) is 10.2 Å². The van der Waals surface area contributed by atoms with Crippen LogP contribution in [0.25, 0.3) is 0 Å². The van der Waals surface area contributed by atoms with Crippen molar-refractivity contribution in [1.82, 2.24) is 19.9 Å². The normalized spacial score (nSPS) is 12.5. The Hall–Kier alpha value is -7.72. The summed E-state index contributed by atoms with van der Waals surface area (Å²) in [5, 5.41) is 19.8. The first-order valence-corrected chi connectivity index (χ1v) is 24.7. The largest absolute Gasteiger partial charge is 0.508 e. The van der Waals surface area contributed by atoms with Crippen molar-refractivity contribution in [2.24, 2.45) is 0 Å². The third kappa shape index (κ3) is 12.6. The highest BCUT2D eigenvalue weighted by Crippen LogP contribution is 2.40. The topological polar surface area (TPSA) is 129 Å². The number of aromatic hydroxyl groups is 2. The number of benzene rings is 6. The van der Waals surface area contributed by atoms with E-state index >= 15 is 0 Å². The van der Waals surface area contributed by atoms with Gasteiger partial charge in [0.2, 0.25) is 23.5 Å². The Kier molecular flexibility index (Phi) is 15.6. The van der Waals surface area contributed by atoms with E-state index in [2.05, 4.69) is 97.9 Å². The predicted octanol–water partition coefficient (Wildman–Crippen LogP) is 15.9. The zero-order chi connectivity index (χ0) is 49.9. The second kappa shape index (κ2) is 22.4. The second-order valence-corrected chi connectivity index (χ2v) is 19.4. The van der Waals surface area contributed by atoms with E-state index in [1.54, 1.807) is 36.4 Å². The molecule has 0 spiro atoms. The van der Waals surface area contributed by atoms with E-state index in [4.69, 9.17) is 18.9 Å². The van der Waals surface area contributed by atoms with E-state index in [1.165, 1.54) is 62.3 Å². The molecule has 8 aromatic rings. The average molecular weight is 949 g/mol. The van der Waals surface area contributed by atoms with E-state index in [0.717, 1.165) is 35.1 Å². The van der Waals surface area contributed by atoms with Gasteiger partial charge in [-0.25, -0.2) is 19.9 Å². The summed E-state index contributed by atoms with van der Waals surface area (Å²) in [5.74, 6) is 4.54. The molecule has 6 aromatic carbocycles. The smallest absolute Gasteiger partial charge is 0.226 e. The summed E-state index contributed by atoms with van der Waals surface area (Å²) in [6, 6.07) is 50.4. The van der Waals surface area contributed by atoms with Gasteiger partial charge in [-0.2, -0.15) is 0 Å². The summed E-state index contributed by atoms with van der Waals surface area (Å²) in [6.07, 6.45) is 12.6. The third-order valence-corrected chi connectivity index (χ3v) is 13.7. The monoisotopic (exact) mass is 948 g/mol. The lowest BCUT2D eigenvalue weighted by Gasteiger charge is -2.31. The maximum absolute atomic E-state index is 10.0. The molecule has 8 rings (SSSR count). The first kappa shape index (κ1) is 49.7. The molecule has 0 aliphatic carbocycles. The number of hydrogen-bond acceptors (Lipinski definition) is 10. The van der Waals surface area contributed by atoms with Crippen LogP contribution >= 0.6 is 0 Å². The molecule has 1 unspecified atom stereocenters. The molecule has 0 saturated carbocycles. The van der Waals surface area contributed by atoms with Gasteiger partial charge in [-0.3, -0.25) is 0 Å². The van der Waals surface area contributed by atoms with E-state index < -0.39 is 0 Å². The molecule has 0 bridgehead atoms. The fraction of sp³-hybridized carbons (Fsp3) is 0.279. The van der Waals surface area contributed by atoms with Gasteiger partial charge in [0, 0.05) is 16.2 Å². The zero-order valence-electron chi connectivity index (χ0n) is 41.6. The van der Waals surface area contributed by atoms with Crippen LogP contribution in [0.15, 0.2) is 170 Å². The van der Waals surface area contributed by atoms with Crippen molar-refractivity contribution in [2.45, 2.75) is 109 Å². The van der Waals surface area contributed by atoms with Gasteiger partial charge in [-0.1, -0.05) is 159 Å². The summed E-state index contributed by atoms with van der Waals surface area (Å²) in [6.45, 7) is 13.2. The molecule has 10 nitrogen and oxygen atoms in total. The summed E-state index contributed by atoms with van der Waals surface area (Å²) < 4.78 is 24.6. The molecular weight excluding hydrogens is 885 g/mol. The molecule has 1 atom stereocenters. The van der Waals surface area contributed by atoms with Crippen LogP contribution in [-0.2, 0) is 16.2 Å². The molecule has 71 heavy (non-hydrogen) atoms. The van der Waals surface area contributed by atoms with Gasteiger partial charge < -0.3 is 29.2 Å². The highest BCUT2D eigenvalue weighted by Gasteiger charge is 2.29. The molecule has 0 saturated heterocycles. The number of rotatable bonds is 22. The van der Waals surface area contributed by atoms with Crippen LogP contribution in [-0.4, -0.2) is 30.1 Å². The number of unbranched alkanes of at least 4 members (excludes halogenated alkanes) is 6. The van der Waals surface area contributed by atoms with Crippen molar-refractivity contribution >= 4 is 0 Å². The SMILES string of the molecule is CCCCCCCCCC(C)(c1ccc(O)cc1)c1ccc(Oc2cc(Oc3ccc(C(C)(C)c4ccc(Oc5cc(Oc6ccc(C(C)(C)c7ccc(O)cc7)cc6)ncn5)cc4)cc3)ncn2)cc1. The van der Waals surface area contributed by atoms with Crippen LogP contribution in [0.1, 0.15) is 126 Å². The molecule has 0 radical (unpaired) electrons. The quantitative estimate of drug-likeness (QED) is 0.0634. The van der Waals surface area contributed by atoms with Crippen LogP contribution < -0.4 is 18.9 Å². The number of phenolic OH excluding ortho intramolecular Hbond substituents is 2. The van der Waals surface area contributed by atoms with Crippen molar-refractivity contribution < 1.29 is 29.2 Å². The number of nitrogens with zero attached hydrogens (tertiary/aromatic N) is 4. The maximum Gasteiger partial charge on any atom is 0.226 e. The molecule has 2 N–H and O–H groups in total. The molecule has 0 aliphatic rings. The predicted molar refractivity (Wildman–Crippen MR) is 280 cm³/mol. The Bertz CT molecular complexity index is 2940. The van der Waals surface area contributed by atoms with Crippen molar-refractivity contribution in [1.29, 1.82) is 0 Å². The zero-order valence-corrected chi connectivity index (χ0v) is 41.6. The Balaban J connectivity index is 0.851. The summed E-state index contributed by atoms with van der Waals surface area (Å²) in [5.41, 5.74) is 5.97. The minimum absolute atomic E-state index is 0.218. The van der Waals surface area contributed by atoms with Crippen LogP contribution in [0.4, 0.5) is 0 Å². The Morgan fingerprint density at radius 3 is 0.944 bits per heavy atom. The van der Waals surface area contributed by atoms with Gasteiger partial charge in [0.05, 0.1) is 12.1 Å². The van der Waals surface area contributed by atoms with Gasteiger partial charge in [0.25, 0.3) is 0 Å². The Morgan fingerprint density at radius 1 is 0.352 bits per heavy atom. The average Bonchev–Trinajstić information content (AvgIpc) is 3.37. The molecule has 2 heterocycles. The van der Waals surface area contributed by atoms with E-state index in [0.29, 0.717) is 46.5 Å². The minimum atomic E-state index is -0.331. The minimum Gasteiger partial charge on any atom is -0.508 e. The summed E-state index contributed by atoms with van der Waals surface area (Å²) in [4.78, 5) is 17.3. The first-order valence-electron chi connectivity index (χ1n) is 24.7. The molecule has 0 amide bonds. The standard InChI is InChI=1S/C61H64N4O6/c1-7-8-9-10-11-12-13-38-61(6,47-16-28-50(67)29-17-47)48-24-36-54(37-25-48)71-58-40-57(64-42-65-58)70-53-34-22-46(23-35-53)60(4,5)45-20-32-52(33-21-45)69-56-39-55(62-41-63-56)68-51-30-18-44(19-31-51)59(2,3)43-14-26-49(66)27-15-43/h14-37,39-42,66-67H,7-13,38H2,1-6H3. The van der Waals surface area contributed by atoms with Crippen molar-refractivity contribution in [3.05, 3.63) is 204 Å². The van der Waals surface area contributed by atoms with Gasteiger partial charge in [-0.15, -0.1) is 0 Å². The Labute approximate surface area is 418 Å². The lowest BCUT2D eigenvalue weighted by molar-refractivity contribution is 0.432. The van der Waals surface area contributed by atoms with Gasteiger partial charge >= 0.3 is 0 Å². The number of aromatic nitrogens is 4. The molecular formula is C61H64N4O6. The summed E-state index contributed by atoms with van der Waals surface area (Å²) >= 11 is 0. The molecule has 2 aromatic heterocycles. The van der Waals surface area contributed by atoms with Crippen LogP contribution in [0, 0.1) is 0 Å². The van der Waals surface area contributed by atoms with Crippen LogP contribution in [0.5, 0.6) is 58.0 Å². The molecule has 364 valence electrons. The molecule has 0 aliphatic heterocycles. The highest BCUT2D eigenvalue weighted by molar-refractivity contribution is 5.46. The van der Waals surface area contributed by atoms with Crippen LogP contribution in [0.3, 0.4) is 0 Å². The van der Waals surface area contributed by atoms with Gasteiger partial charge in [0.15, 0.2) is 0 Å². The lowest BCUT2D eigenvalue weighted by Crippen LogP contribution is -2.23. The number of hydrogen-bond donors (Lipinski definition) is 2. The fourth-order valence-corrected chi connectivity index (χ4v) is 8.99. The highest BCUT2D eigenvalue weighted by atomic mass is 16.5. The maximum atomic E-state index is 10.0. The van der Waals surface area contributed by atoms with E-state index in [-0.39, 0.29) is 27.7 Å². The Morgan fingerprint density at radius 2 is 0.620 bits per heavy atom. The van der Waals surface area contributed by atoms with Gasteiger partial charge in [-0.05, 0) is 113 Å². The van der Waals surface area contributed by atoms with Crippen LogP contribution in [0.2, 0.25) is 0 Å². The lowest BCUT2D eigenvalue weighted by atomic mass is 9.72. The third-order valence-electron chi connectivity index (χ3n) is 13.7. The van der Waals surface area contributed by atoms with Crippen molar-refractivity contribution in [2.75, 3.05) is 0 Å². The van der Waals surface area contributed by atoms with Crippen molar-refractivity contribution in [3.8, 4) is 58.0 Å². The van der Waals surface area contributed by atoms with Gasteiger partial charge in [0.1, 0.15) is 47.2 Å².